The molecule has 13 heavy (non-hydrogen) atoms. The Kier molecular flexibility index (Phi) is 2.19. The Bertz CT molecular complexity index is 414. The molecular formula is C10H10N2O. The van der Waals surface area contributed by atoms with Crippen LogP contribution >= 0.6 is 0 Å². The van der Waals surface area contributed by atoms with Crippen LogP contribution in [-0.2, 0) is 6.42 Å². The second-order valence-electron chi connectivity index (χ2n) is 2.82. The molecule has 0 radical (unpaired) electrons. The number of nitrogens with zero attached hydrogens (tertiary/aromatic N) is 2. The molecule has 2 rings (SSSR count). The van der Waals surface area contributed by atoms with Crippen LogP contribution in [0.25, 0.3) is 11.0 Å². The normalized spacial score (nSPS) is 10.5. The van der Waals surface area contributed by atoms with Crippen molar-refractivity contribution in [2.75, 3.05) is 6.61 Å². The standard InChI is InChI=1S/C10H10N2O/c13-6-5-8-7-11-9-3-1-2-4-10(9)12-8/h1-4,7,13H,5-6H2. The van der Waals surface area contributed by atoms with Crippen molar-refractivity contribution in [1.29, 1.82) is 0 Å². The van der Waals surface area contributed by atoms with E-state index in [1.54, 1.807) is 6.20 Å². The number of benzene rings is 1. The highest BCUT2D eigenvalue weighted by Gasteiger charge is 1.97. The first-order valence-corrected chi connectivity index (χ1v) is 4.21. The van der Waals surface area contributed by atoms with Crippen LogP contribution in [0.4, 0.5) is 0 Å². The number of fused-ring (bicyclic) bond motifs is 1. The van der Waals surface area contributed by atoms with Crippen molar-refractivity contribution in [3.05, 3.63) is 36.2 Å². The van der Waals surface area contributed by atoms with E-state index in [4.69, 9.17) is 5.11 Å². The van der Waals surface area contributed by atoms with Gasteiger partial charge in [0.2, 0.25) is 0 Å². The van der Waals surface area contributed by atoms with Crippen molar-refractivity contribution in [1.82, 2.24) is 9.97 Å². The zero-order chi connectivity index (χ0) is 9.10. The third-order valence-corrected chi connectivity index (χ3v) is 1.87. The molecule has 2 aromatic rings. The van der Waals surface area contributed by atoms with E-state index < -0.39 is 0 Å². The molecule has 0 saturated heterocycles. The van der Waals surface area contributed by atoms with Crippen LogP contribution in [0.15, 0.2) is 30.5 Å². The molecular weight excluding hydrogens is 164 g/mol. The lowest BCUT2D eigenvalue weighted by Crippen LogP contribution is -1.96. The summed E-state index contributed by atoms with van der Waals surface area (Å²) in [6.45, 7) is 0.118. The van der Waals surface area contributed by atoms with E-state index in [1.165, 1.54) is 0 Å². The van der Waals surface area contributed by atoms with Gasteiger partial charge in [-0.25, -0.2) is 4.98 Å². The van der Waals surface area contributed by atoms with Gasteiger partial charge in [0.1, 0.15) is 0 Å². The van der Waals surface area contributed by atoms with Gasteiger partial charge >= 0.3 is 0 Å². The van der Waals surface area contributed by atoms with E-state index in [1.807, 2.05) is 24.3 Å². The Labute approximate surface area is 76.1 Å². The fourth-order valence-corrected chi connectivity index (χ4v) is 1.23. The molecule has 66 valence electrons. The quantitative estimate of drug-likeness (QED) is 0.743. The Morgan fingerprint density at radius 2 is 1.92 bits per heavy atom. The van der Waals surface area contributed by atoms with Gasteiger partial charge in [-0.1, -0.05) is 12.1 Å². The lowest BCUT2D eigenvalue weighted by Gasteiger charge is -1.99. The molecule has 0 atom stereocenters. The molecule has 0 fully saturated rings. The number of aliphatic hydroxyl groups excluding tert-OH is 1. The van der Waals surface area contributed by atoms with E-state index >= 15 is 0 Å². The Morgan fingerprint density at radius 1 is 1.15 bits per heavy atom. The minimum absolute atomic E-state index is 0.118. The van der Waals surface area contributed by atoms with Crippen molar-refractivity contribution < 1.29 is 5.11 Å². The SMILES string of the molecule is OCCc1cnc2ccccc2n1. The summed E-state index contributed by atoms with van der Waals surface area (Å²) >= 11 is 0. The molecule has 0 spiro atoms. The molecule has 0 saturated carbocycles. The average Bonchev–Trinajstić information content (AvgIpc) is 2.18. The maximum absolute atomic E-state index is 8.72. The van der Waals surface area contributed by atoms with Crippen LogP contribution in [0.2, 0.25) is 0 Å². The minimum Gasteiger partial charge on any atom is -0.396 e. The summed E-state index contributed by atoms with van der Waals surface area (Å²) in [5.41, 5.74) is 2.61. The van der Waals surface area contributed by atoms with E-state index in [-0.39, 0.29) is 6.61 Å². The van der Waals surface area contributed by atoms with E-state index in [9.17, 15) is 0 Å². The van der Waals surface area contributed by atoms with Gasteiger partial charge in [0.25, 0.3) is 0 Å². The smallest absolute Gasteiger partial charge is 0.0890 e. The fraction of sp³-hybridized carbons (Fsp3) is 0.200. The predicted octanol–water partition coefficient (Wildman–Crippen LogP) is 1.16. The molecule has 1 aromatic heterocycles. The molecule has 1 N–H and O–H groups in total. The number of aromatic nitrogens is 2. The molecule has 3 heteroatoms. The zero-order valence-electron chi connectivity index (χ0n) is 7.14. The third kappa shape index (κ3) is 1.65. The summed E-state index contributed by atoms with van der Waals surface area (Å²) in [5, 5.41) is 8.72. The topological polar surface area (TPSA) is 46.0 Å². The van der Waals surface area contributed by atoms with Gasteiger partial charge in [-0.3, -0.25) is 4.98 Å². The summed E-state index contributed by atoms with van der Waals surface area (Å²) < 4.78 is 0. The number of hydrogen-bond donors (Lipinski definition) is 1. The Balaban J connectivity index is 2.49. The van der Waals surface area contributed by atoms with Crippen LogP contribution in [0.3, 0.4) is 0 Å². The summed E-state index contributed by atoms with van der Waals surface area (Å²) in [4.78, 5) is 8.57. The number of aliphatic hydroxyl groups is 1. The van der Waals surface area contributed by atoms with Crippen molar-refractivity contribution in [2.24, 2.45) is 0 Å². The molecule has 3 nitrogen and oxygen atoms in total. The number of para-hydroxylation sites is 2. The summed E-state index contributed by atoms with van der Waals surface area (Å²) in [5.74, 6) is 0. The van der Waals surface area contributed by atoms with E-state index in [0.717, 1.165) is 16.7 Å². The van der Waals surface area contributed by atoms with Crippen molar-refractivity contribution >= 4 is 11.0 Å². The first-order valence-electron chi connectivity index (χ1n) is 4.21. The van der Waals surface area contributed by atoms with Crippen LogP contribution < -0.4 is 0 Å². The van der Waals surface area contributed by atoms with Crippen molar-refractivity contribution in [3.8, 4) is 0 Å². The molecule has 0 aliphatic heterocycles. The fourth-order valence-electron chi connectivity index (χ4n) is 1.23. The lowest BCUT2D eigenvalue weighted by molar-refractivity contribution is 0.298. The van der Waals surface area contributed by atoms with Gasteiger partial charge in [-0.15, -0.1) is 0 Å². The Hall–Kier alpha value is -1.48. The summed E-state index contributed by atoms with van der Waals surface area (Å²) in [7, 11) is 0. The van der Waals surface area contributed by atoms with E-state index in [0.29, 0.717) is 6.42 Å². The van der Waals surface area contributed by atoms with Gasteiger partial charge in [0.05, 0.1) is 16.7 Å². The molecule has 0 aliphatic carbocycles. The number of hydrogen-bond acceptors (Lipinski definition) is 3. The molecule has 0 aliphatic rings. The second kappa shape index (κ2) is 3.49. The first-order chi connectivity index (χ1) is 6.40. The highest BCUT2D eigenvalue weighted by Crippen LogP contribution is 2.08. The van der Waals surface area contributed by atoms with Gasteiger partial charge in [-0.2, -0.15) is 0 Å². The Morgan fingerprint density at radius 3 is 2.69 bits per heavy atom. The van der Waals surface area contributed by atoms with Crippen molar-refractivity contribution in [3.63, 3.8) is 0 Å². The number of rotatable bonds is 2. The highest BCUT2D eigenvalue weighted by atomic mass is 16.3. The molecule has 0 amide bonds. The largest absolute Gasteiger partial charge is 0.396 e. The van der Waals surface area contributed by atoms with Crippen LogP contribution in [0.1, 0.15) is 5.69 Å². The maximum Gasteiger partial charge on any atom is 0.0890 e. The molecule has 1 heterocycles. The monoisotopic (exact) mass is 174 g/mol. The van der Waals surface area contributed by atoms with Crippen molar-refractivity contribution in [2.45, 2.75) is 6.42 Å². The lowest BCUT2D eigenvalue weighted by atomic mass is 10.2. The van der Waals surface area contributed by atoms with E-state index in [2.05, 4.69) is 9.97 Å². The average molecular weight is 174 g/mol. The van der Waals surface area contributed by atoms with Crippen LogP contribution in [0.5, 0.6) is 0 Å². The highest BCUT2D eigenvalue weighted by molar-refractivity contribution is 5.73. The third-order valence-electron chi connectivity index (χ3n) is 1.87. The maximum atomic E-state index is 8.72. The molecule has 0 bridgehead atoms. The molecule has 0 unspecified atom stereocenters. The second-order valence-corrected chi connectivity index (χ2v) is 2.82. The summed E-state index contributed by atoms with van der Waals surface area (Å²) in [6, 6.07) is 7.71. The van der Waals surface area contributed by atoms with Gasteiger partial charge in [-0.05, 0) is 12.1 Å². The zero-order valence-corrected chi connectivity index (χ0v) is 7.14. The first kappa shape index (κ1) is 8.13. The van der Waals surface area contributed by atoms with Gasteiger partial charge < -0.3 is 5.11 Å². The van der Waals surface area contributed by atoms with Crippen LogP contribution in [0, 0.1) is 0 Å². The van der Waals surface area contributed by atoms with Crippen LogP contribution in [-0.4, -0.2) is 21.7 Å². The molecule has 1 aromatic carbocycles. The predicted molar refractivity (Wildman–Crippen MR) is 50.3 cm³/mol. The minimum atomic E-state index is 0.118. The van der Waals surface area contributed by atoms with Gasteiger partial charge in [0, 0.05) is 19.2 Å². The summed E-state index contributed by atoms with van der Waals surface area (Å²) in [6.07, 6.45) is 2.27. The van der Waals surface area contributed by atoms with Gasteiger partial charge in [0.15, 0.2) is 0 Å².